The van der Waals surface area contributed by atoms with E-state index in [1.807, 2.05) is 6.92 Å². The maximum Gasteiger partial charge on any atom is 0.168 e. The zero-order chi connectivity index (χ0) is 15.1. The molecule has 0 radical (unpaired) electrons. The number of nitrogens with zero attached hydrogens (tertiary/aromatic N) is 2. The topological polar surface area (TPSA) is 51.8 Å². The average molecular weight is 289 g/mol. The van der Waals surface area contributed by atoms with Crippen LogP contribution in [0.5, 0.6) is 0 Å². The summed E-state index contributed by atoms with van der Waals surface area (Å²) >= 11 is 0. The van der Waals surface area contributed by atoms with Gasteiger partial charge in [0.2, 0.25) is 0 Å². The van der Waals surface area contributed by atoms with Crippen molar-refractivity contribution in [2.75, 3.05) is 5.73 Å². The highest BCUT2D eigenvalue weighted by Crippen LogP contribution is 2.28. The summed E-state index contributed by atoms with van der Waals surface area (Å²) in [6.07, 6.45) is 0. The fourth-order valence-electron chi connectivity index (χ4n) is 2.13. The predicted molar refractivity (Wildman–Crippen MR) is 74.0 cm³/mol. The molecule has 1 heterocycles. The molecular formula is C15H10F3N3. The molecule has 0 atom stereocenters. The highest BCUT2D eigenvalue weighted by molar-refractivity contribution is 5.90. The molecule has 6 heteroatoms. The minimum absolute atomic E-state index is 0.113. The maximum atomic E-state index is 13.8. The van der Waals surface area contributed by atoms with E-state index < -0.39 is 23.0 Å². The van der Waals surface area contributed by atoms with E-state index in [0.29, 0.717) is 23.0 Å². The second kappa shape index (κ2) is 4.73. The van der Waals surface area contributed by atoms with Crippen molar-refractivity contribution in [2.45, 2.75) is 6.92 Å². The van der Waals surface area contributed by atoms with Crippen LogP contribution in [-0.4, -0.2) is 9.97 Å². The van der Waals surface area contributed by atoms with Crippen LogP contribution < -0.4 is 5.73 Å². The van der Waals surface area contributed by atoms with Crippen LogP contribution in [0, 0.1) is 24.4 Å². The number of fused-ring (bicyclic) bond motifs is 1. The number of benzene rings is 2. The van der Waals surface area contributed by atoms with Crippen molar-refractivity contribution in [1.82, 2.24) is 9.97 Å². The van der Waals surface area contributed by atoms with Crippen molar-refractivity contribution in [2.24, 2.45) is 0 Å². The first-order chi connectivity index (χ1) is 9.95. The van der Waals surface area contributed by atoms with Crippen molar-refractivity contribution in [3.63, 3.8) is 0 Å². The third-order valence-corrected chi connectivity index (χ3v) is 3.11. The number of halogens is 3. The smallest absolute Gasteiger partial charge is 0.168 e. The van der Waals surface area contributed by atoms with E-state index in [9.17, 15) is 13.2 Å². The van der Waals surface area contributed by atoms with Crippen LogP contribution in [0.4, 0.5) is 19.0 Å². The molecule has 0 saturated heterocycles. The summed E-state index contributed by atoms with van der Waals surface area (Å²) in [5.41, 5.74) is 6.76. The summed E-state index contributed by atoms with van der Waals surface area (Å²) < 4.78 is 40.5. The number of rotatable bonds is 1. The second-order valence-corrected chi connectivity index (χ2v) is 4.70. The van der Waals surface area contributed by atoms with Crippen LogP contribution >= 0.6 is 0 Å². The van der Waals surface area contributed by atoms with E-state index in [-0.39, 0.29) is 11.6 Å². The highest BCUT2D eigenvalue weighted by Gasteiger charge is 2.17. The lowest BCUT2D eigenvalue weighted by Gasteiger charge is -2.08. The lowest BCUT2D eigenvalue weighted by Crippen LogP contribution is -2.01. The Kier molecular flexibility index (Phi) is 3.01. The average Bonchev–Trinajstić information content (AvgIpc) is 2.38. The fraction of sp³-hybridized carbons (Fsp3) is 0.0667. The van der Waals surface area contributed by atoms with E-state index in [1.165, 1.54) is 0 Å². The first-order valence-electron chi connectivity index (χ1n) is 6.14. The molecule has 3 nitrogen and oxygen atoms in total. The molecule has 0 aliphatic heterocycles. The summed E-state index contributed by atoms with van der Waals surface area (Å²) in [5.74, 6) is -3.24. The largest absolute Gasteiger partial charge is 0.383 e. The minimum atomic E-state index is -1.07. The van der Waals surface area contributed by atoms with E-state index >= 15 is 0 Å². The van der Waals surface area contributed by atoms with Crippen LogP contribution in [-0.2, 0) is 0 Å². The van der Waals surface area contributed by atoms with Gasteiger partial charge in [0.25, 0.3) is 0 Å². The predicted octanol–water partition coefficient (Wildman–Crippen LogP) is 3.60. The Balaban J connectivity index is 2.29. The molecular weight excluding hydrogens is 279 g/mol. The Morgan fingerprint density at radius 1 is 0.952 bits per heavy atom. The van der Waals surface area contributed by atoms with Gasteiger partial charge >= 0.3 is 0 Å². The molecule has 2 aromatic carbocycles. The van der Waals surface area contributed by atoms with Gasteiger partial charge in [-0.2, -0.15) is 0 Å². The number of aromatic nitrogens is 2. The first kappa shape index (κ1) is 13.4. The van der Waals surface area contributed by atoms with Crippen LogP contribution in [0.25, 0.3) is 22.3 Å². The Hall–Kier alpha value is -2.63. The molecule has 21 heavy (non-hydrogen) atoms. The van der Waals surface area contributed by atoms with Crippen molar-refractivity contribution >= 4 is 16.7 Å². The summed E-state index contributed by atoms with van der Waals surface area (Å²) in [7, 11) is 0. The Labute approximate surface area is 118 Å². The summed E-state index contributed by atoms with van der Waals surface area (Å²) in [4.78, 5) is 8.03. The van der Waals surface area contributed by atoms with Gasteiger partial charge in [0.15, 0.2) is 5.82 Å². The Morgan fingerprint density at radius 2 is 1.62 bits per heavy atom. The zero-order valence-electron chi connectivity index (χ0n) is 11.0. The fourth-order valence-corrected chi connectivity index (χ4v) is 2.13. The van der Waals surface area contributed by atoms with E-state index in [0.717, 1.165) is 5.56 Å². The van der Waals surface area contributed by atoms with Crippen molar-refractivity contribution in [3.8, 4) is 11.4 Å². The zero-order valence-corrected chi connectivity index (χ0v) is 11.0. The van der Waals surface area contributed by atoms with Gasteiger partial charge in [-0.25, -0.2) is 23.1 Å². The molecule has 1 aromatic heterocycles. The molecule has 0 spiro atoms. The molecule has 3 rings (SSSR count). The normalized spacial score (nSPS) is 11.0. The third kappa shape index (κ3) is 2.29. The molecule has 2 N–H and O–H groups in total. The van der Waals surface area contributed by atoms with Crippen LogP contribution in [0.15, 0.2) is 30.3 Å². The summed E-state index contributed by atoms with van der Waals surface area (Å²) in [6.45, 7) is 1.88. The molecule has 0 aliphatic carbocycles. The molecule has 3 aromatic rings. The lowest BCUT2D eigenvalue weighted by atomic mass is 10.1. The van der Waals surface area contributed by atoms with Gasteiger partial charge in [-0.15, -0.1) is 0 Å². The van der Waals surface area contributed by atoms with Crippen molar-refractivity contribution in [3.05, 3.63) is 53.3 Å². The minimum Gasteiger partial charge on any atom is -0.383 e. The molecule has 0 saturated carbocycles. The SMILES string of the molecule is Cc1ccc2nc(-c3c(F)cc(F)cc3F)nc(N)c2c1. The maximum absolute atomic E-state index is 13.8. The standard InChI is InChI=1S/C15H10F3N3/c1-7-2-3-12-9(4-7)14(19)21-15(20-12)13-10(17)5-8(16)6-11(13)18/h2-6H,1H3,(H2,19,20,21). The summed E-state index contributed by atoms with van der Waals surface area (Å²) in [5, 5.41) is 0.599. The van der Waals surface area contributed by atoms with Gasteiger partial charge in [0.1, 0.15) is 23.3 Å². The molecule has 0 bridgehead atoms. The lowest BCUT2D eigenvalue weighted by molar-refractivity contribution is 0.547. The van der Waals surface area contributed by atoms with Crippen LogP contribution in [0.2, 0.25) is 0 Å². The van der Waals surface area contributed by atoms with Crippen molar-refractivity contribution in [1.29, 1.82) is 0 Å². The van der Waals surface area contributed by atoms with E-state index in [2.05, 4.69) is 9.97 Å². The molecule has 0 aliphatic rings. The van der Waals surface area contributed by atoms with E-state index in [1.54, 1.807) is 18.2 Å². The van der Waals surface area contributed by atoms with Gasteiger partial charge in [-0.1, -0.05) is 11.6 Å². The quantitative estimate of drug-likeness (QED) is 0.744. The van der Waals surface area contributed by atoms with Gasteiger partial charge in [0, 0.05) is 17.5 Å². The molecule has 0 fully saturated rings. The van der Waals surface area contributed by atoms with Crippen LogP contribution in [0.1, 0.15) is 5.56 Å². The van der Waals surface area contributed by atoms with Gasteiger partial charge in [-0.3, -0.25) is 0 Å². The number of nitrogens with two attached hydrogens (primary N) is 1. The number of hydrogen-bond donors (Lipinski definition) is 1. The first-order valence-corrected chi connectivity index (χ1v) is 6.14. The third-order valence-electron chi connectivity index (χ3n) is 3.11. The second-order valence-electron chi connectivity index (χ2n) is 4.70. The Bertz CT molecular complexity index is 839. The van der Waals surface area contributed by atoms with Gasteiger partial charge < -0.3 is 5.73 Å². The number of nitrogen functional groups attached to an aromatic ring is 1. The Morgan fingerprint density at radius 3 is 2.29 bits per heavy atom. The van der Waals surface area contributed by atoms with Crippen LogP contribution in [0.3, 0.4) is 0 Å². The van der Waals surface area contributed by atoms with Crippen molar-refractivity contribution < 1.29 is 13.2 Å². The number of hydrogen-bond acceptors (Lipinski definition) is 3. The molecule has 0 unspecified atom stereocenters. The number of anilines is 1. The number of aryl methyl sites for hydroxylation is 1. The molecule has 0 amide bonds. The van der Waals surface area contributed by atoms with Gasteiger partial charge in [-0.05, 0) is 19.1 Å². The molecule has 106 valence electrons. The monoisotopic (exact) mass is 289 g/mol. The summed E-state index contributed by atoms with van der Waals surface area (Å²) in [6, 6.07) is 6.43. The van der Waals surface area contributed by atoms with Gasteiger partial charge in [0.05, 0.1) is 11.1 Å². The highest BCUT2D eigenvalue weighted by atomic mass is 19.1. The van der Waals surface area contributed by atoms with E-state index in [4.69, 9.17) is 5.73 Å².